The Labute approximate surface area is 153 Å². The van der Waals surface area contributed by atoms with Crippen molar-refractivity contribution < 1.29 is 19.4 Å². The van der Waals surface area contributed by atoms with Gasteiger partial charge in [-0.15, -0.1) is 0 Å². The van der Waals surface area contributed by atoms with Crippen LogP contribution in [0, 0.1) is 11.3 Å². The van der Waals surface area contributed by atoms with Crippen LogP contribution in [0.2, 0.25) is 0 Å². The maximum Gasteiger partial charge on any atom is 0.308 e. The molecule has 0 bridgehead atoms. The number of likely N-dealkylation sites (tertiary alicyclic amines) is 1. The Morgan fingerprint density at radius 2 is 2.00 bits per heavy atom. The Bertz CT molecular complexity index is 698. The molecule has 2 saturated heterocycles. The summed E-state index contributed by atoms with van der Waals surface area (Å²) in [5, 5.41) is 12.9. The fourth-order valence-electron chi connectivity index (χ4n) is 4.48. The number of methoxy groups -OCH3 is 1. The summed E-state index contributed by atoms with van der Waals surface area (Å²) in [5.41, 5.74) is 1.33. The molecule has 1 aromatic carbocycles. The third kappa shape index (κ3) is 3.18. The first-order valence-corrected chi connectivity index (χ1v) is 9.40. The predicted molar refractivity (Wildman–Crippen MR) is 96.1 cm³/mol. The number of piperidine rings is 1. The molecule has 140 valence electrons. The van der Waals surface area contributed by atoms with E-state index in [4.69, 9.17) is 4.74 Å². The van der Waals surface area contributed by atoms with E-state index in [0.29, 0.717) is 25.4 Å². The zero-order valence-corrected chi connectivity index (χ0v) is 15.1. The first-order chi connectivity index (χ1) is 12.5. The molecule has 1 amide bonds. The molecule has 6 heteroatoms. The number of hydrogen-bond donors (Lipinski definition) is 2. The molecule has 2 heterocycles. The van der Waals surface area contributed by atoms with Crippen molar-refractivity contribution in [3.05, 3.63) is 29.8 Å². The van der Waals surface area contributed by atoms with Gasteiger partial charge < -0.3 is 20.1 Å². The molecule has 3 unspecified atom stereocenters. The second-order valence-electron chi connectivity index (χ2n) is 8.05. The summed E-state index contributed by atoms with van der Waals surface area (Å²) in [6.45, 7) is 2.11. The number of benzene rings is 1. The summed E-state index contributed by atoms with van der Waals surface area (Å²) in [7, 11) is 1.65. The number of carbonyl (C=O) groups is 2. The van der Waals surface area contributed by atoms with Gasteiger partial charge in [0.2, 0.25) is 5.91 Å². The van der Waals surface area contributed by atoms with Gasteiger partial charge in [0, 0.05) is 25.6 Å². The summed E-state index contributed by atoms with van der Waals surface area (Å²) in [5.74, 6) is -0.397. The van der Waals surface area contributed by atoms with Crippen molar-refractivity contribution in [1.29, 1.82) is 0 Å². The Balaban J connectivity index is 1.42. The molecule has 3 atom stereocenters. The van der Waals surface area contributed by atoms with Gasteiger partial charge in [0.1, 0.15) is 11.8 Å². The number of nitrogens with one attached hydrogen (secondary N) is 1. The molecular weight excluding hydrogens is 332 g/mol. The number of aliphatic carboxylic acids is 1. The van der Waals surface area contributed by atoms with Crippen molar-refractivity contribution in [1.82, 2.24) is 10.2 Å². The van der Waals surface area contributed by atoms with Gasteiger partial charge in [0.25, 0.3) is 0 Å². The van der Waals surface area contributed by atoms with Crippen LogP contribution in [0.3, 0.4) is 0 Å². The summed E-state index contributed by atoms with van der Waals surface area (Å²) in [6.07, 6.45) is 3.69. The van der Waals surface area contributed by atoms with E-state index in [1.165, 1.54) is 5.56 Å². The van der Waals surface area contributed by atoms with E-state index in [2.05, 4.69) is 5.32 Å². The number of carbonyl (C=O) groups excluding carboxylic acids is 1. The van der Waals surface area contributed by atoms with Crippen LogP contribution in [0.1, 0.15) is 37.2 Å². The molecule has 2 aliphatic heterocycles. The fourth-order valence-corrected chi connectivity index (χ4v) is 4.48. The number of hydrogen-bond acceptors (Lipinski definition) is 4. The van der Waals surface area contributed by atoms with Crippen LogP contribution in [-0.2, 0) is 9.59 Å². The van der Waals surface area contributed by atoms with Gasteiger partial charge in [0.15, 0.2) is 0 Å². The lowest BCUT2D eigenvalue weighted by atomic mass is 9.82. The number of amides is 1. The van der Waals surface area contributed by atoms with Crippen molar-refractivity contribution >= 4 is 11.9 Å². The molecule has 6 nitrogen and oxygen atoms in total. The number of nitrogens with zero attached hydrogens (tertiary/aromatic N) is 1. The minimum Gasteiger partial charge on any atom is -0.497 e. The highest BCUT2D eigenvalue weighted by Gasteiger charge is 2.53. The SMILES string of the molecule is COc1ccc(C2CCN(C(=O)C3NCC4(CC4)CC3C(=O)O)C2)cc1. The smallest absolute Gasteiger partial charge is 0.308 e. The molecule has 1 spiro atoms. The zero-order valence-electron chi connectivity index (χ0n) is 15.1. The molecule has 26 heavy (non-hydrogen) atoms. The Hall–Kier alpha value is -2.08. The van der Waals surface area contributed by atoms with Crippen LogP contribution in [0.5, 0.6) is 5.75 Å². The third-order valence-electron chi connectivity index (χ3n) is 6.38. The molecule has 4 rings (SSSR count). The molecule has 1 saturated carbocycles. The van der Waals surface area contributed by atoms with Crippen molar-refractivity contribution in [2.45, 2.75) is 37.6 Å². The molecule has 3 aliphatic rings. The van der Waals surface area contributed by atoms with Crippen LogP contribution in [0.4, 0.5) is 0 Å². The van der Waals surface area contributed by atoms with Gasteiger partial charge in [0.05, 0.1) is 13.0 Å². The van der Waals surface area contributed by atoms with Crippen molar-refractivity contribution in [2.75, 3.05) is 26.7 Å². The van der Waals surface area contributed by atoms with E-state index < -0.39 is 17.9 Å². The van der Waals surface area contributed by atoms with Crippen LogP contribution in [0.15, 0.2) is 24.3 Å². The highest BCUT2D eigenvalue weighted by atomic mass is 16.5. The first-order valence-electron chi connectivity index (χ1n) is 9.40. The van der Waals surface area contributed by atoms with Crippen LogP contribution < -0.4 is 10.1 Å². The lowest BCUT2D eigenvalue weighted by Gasteiger charge is -2.36. The lowest BCUT2D eigenvalue weighted by Crippen LogP contribution is -2.57. The van der Waals surface area contributed by atoms with E-state index in [1.807, 2.05) is 29.2 Å². The van der Waals surface area contributed by atoms with Crippen molar-refractivity contribution in [3.8, 4) is 5.75 Å². The van der Waals surface area contributed by atoms with Gasteiger partial charge in [-0.1, -0.05) is 12.1 Å². The lowest BCUT2D eigenvalue weighted by molar-refractivity contribution is -0.150. The molecule has 0 radical (unpaired) electrons. The third-order valence-corrected chi connectivity index (χ3v) is 6.38. The largest absolute Gasteiger partial charge is 0.497 e. The summed E-state index contributed by atoms with van der Waals surface area (Å²) < 4.78 is 5.20. The Kier molecular flexibility index (Phi) is 4.39. The standard InChI is InChI=1S/C20H26N2O4/c1-26-15-4-2-13(3-5-15)14-6-9-22(11-14)18(23)17-16(19(24)25)10-20(7-8-20)12-21-17/h2-5,14,16-17,21H,6-12H2,1H3,(H,24,25). The summed E-state index contributed by atoms with van der Waals surface area (Å²) >= 11 is 0. The maximum absolute atomic E-state index is 13.0. The summed E-state index contributed by atoms with van der Waals surface area (Å²) in [6, 6.07) is 7.39. The van der Waals surface area contributed by atoms with E-state index in [0.717, 1.165) is 31.6 Å². The average molecular weight is 358 g/mol. The molecule has 1 aliphatic carbocycles. The molecule has 0 aromatic heterocycles. The Morgan fingerprint density at radius 3 is 2.62 bits per heavy atom. The van der Waals surface area contributed by atoms with E-state index >= 15 is 0 Å². The van der Waals surface area contributed by atoms with Crippen LogP contribution in [0.25, 0.3) is 0 Å². The summed E-state index contributed by atoms with van der Waals surface area (Å²) in [4.78, 5) is 26.6. The number of carboxylic acids is 1. The number of rotatable bonds is 4. The maximum atomic E-state index is 13.0. The van der Waals surface area contributed by atoms with Gasteiger partial charge in [-0.3, -0.25) is 9.59 Å². The van der Waals surface area contributed by atoms with Gasteiger partial charge in [-0.2, -0.15) is 0 Å². The molecule has 3 fully saturated rings. The van der Waals surface area contributed by atoms with Gasteiger partial charge in [-0.25, -0.2) is 0 Å². The fraction of sp³-hybridized carbons (Fsp3) is 0.600. The minimum atomic E-state index is -0.854. The zero-order chi connectivity index (χ0) is 18.3. The van der Waals surface area contributed by atoms with Crippen LogP contribution in [-0.4, -0.2) is 54.7 Å². The van der Waals surface area contributed by atoms with Gasteiger partial charge in [-0.05, 0) is 48.8 Å². The van der Waals surface area contributed by atoms with Gasteiger partial charge >= 0.3 is 5.97 Å². The normalized spacial score (nSPS) is 29.6. The monoisotopic (exact) mass is 358 g/mol. The molecular formula is C20H26N2O4. The predicted octanol–water partition coefficient (Wildman–Crippen LogP) is 1.85. The minimum absolute atomic E-state index is 0.0519. The average Bonchev–Trinajstić information content (AvgIpc) is 3.22. The van der Waals surface area contributed by atoms with E-state index in [9.17, 15) is 14.7 Å². The molecule has 2 N–H and O–H groups in total. The topological polar surface area (TPSA) is 78.9 Å². The van der Waals surface area contributed by atoms with Crippen LogP contribution >= 0.6 is 0 Å². The Morgan fingerprint density at radius 1 is 1.27 bits per heavy atom. The number of carboxylic acid groups (broad SMARTS) is 1. The highest BCUT2D eigenvalue weighted by molar-refractivity contribution is 5.88. The molecule has 1 aromatic rings. The highest BCUT2D eigenvalue weighted by Crippen LogP contribution is 2.52. The number of ether oxygens (including phenoxy) is 1. The van der Waals surface area contributed by atoms with E-state index in [1.54, 1.807) is 7.11 Å². The van der Waals surface area contributed by atoms with E-state index in [-0.39, 0.29) is 11.3 Å². The van der Waals surface area contributed by atoms with Crippen molar-refractivity contribution in [3.63, 3.8) is 0 Å². The quantitative estimate of drug-likeness (QED) is 0.859. The van der Waals surface area contributed by atoms with Crippen molar-refractivity contribution in [2.24, 2.45) is 11.3 Å². The second kappa shape index (κ2) is 6.58. The second-order valence-corrected chi connectivity index (χ2v) is 8.05. The first kappa shape index (κ1) is 17.3.